The number of quaternary nitrogens is 1. The average molecular weight is 451 g/mol. The molecule has 0 amide bonds. The van der Waals surface area contributed by atoms with Crippen LogP contribution in [0.5, 0.6) is 5.75 Å². The van der Waals surface area contributed by atoms with Crippen molar-refractivity contribution < 1.29 is 19.4 Å². The molecule has 162 valence electrons. The summed E-state index contributed by atoms with van der Waals surface area (Å²) >= 11 is 6.62. The Morgan fingerprint density at radius 2 is 1.84 bits per heavy atom. The van der Waals surface area contributed by atoms with Crippen LogP contribution in [0.25, 0.3) is 10.9 Å². The maximum Gasteiger partial charge on any atom is 0.255 e. The molecule has 2 aromatic heterocycles. The van der Waals surface area contributed by atoms with Crippen molar-refractivity contribution >= 4 is 28.2 Å². The highest BCUT2D eigenvalue weighted by molar-refractivity contribution is 6.35. The lowest BCUT2D eigenvalue weighted by molar-refractivity contribution is -0.926. The standard InChI is InChI=1S/C25H22ClFN4O/c26-21-16-20(25(32)23-19(21)4-3-11-29-23)24(22-5-1-2-10-28-22)31-14-12-30(13-15-31)18-8-6-17(27)7-9-18/h1-11,16,24,32H,12-15H2/p+2. The van der Waals surface area contributed by atoms with Gasteiger partial charge in [-0.25, -0.2) is 9.37 Å². The third-order valence-electron chi connectivity index (χ3n) is 6.21. The lowest BCUT2D eigenvalue weighted by atomic mass is 9.97. The molecule has 0 saturated carbocycles. The van der Waals surface area contributed by atoms with E-state index in [0.29, 0.717) is 10.5 Å². The zero-order valence-electron chi connectivity index (χ0n) is 17.4. The predicted molar refractivity (Wildman–Crippen MR) is 123 cm³/mol. The lowest BCUT2D eigenvalue weighted by Gasteiger charge is -2.37. The van der Waals surface area contributed by atoms with Crippen molar-refractivity contribution in [1.82, 2.24) is 4.98 Å². The van der Waals surface area contributed by atoms with E-state index in [1.165, 1.54) is 17.0 Å². The van der Waals surface area contributed by atoms with Crippen LogP contribution in [-0.2, 0) is 0 Å². The normalized spacial score (nSPS) is 15.8. The summed E-state index contributed by atoms with van der Waals surface area (Å²) in [5.74, 6) is -0.0252. The summed E-state index contributed by atoms with van der Waals surface area (Å²) in [5, 5.41) is 12.6. The van der Waals surface area contributed by atoms with E-state index in [1.807, 2.05) is 48.5 Å². The van der Waals surface area contributed by atoms with Crippen LogP contribution in [0.3, 0.4) is 0 Å². The van der Waals surface area contributed by atoms with Gasteiger partial charge in [0.25, 0.3) is 5.52 Å². The molecule has 32 heavy (non-hydrogen) atoms. The first-order chi connectivity index (χ1) is 15.6. The second-order valence-corrected chi connectivity index (χ2v) is 8.47. The molecule has 0 spiro atoms. The van der Waals surface area contributed by atoms with Gasteiger partial charge in [0.05, 0.1) is 42.2 Å². The van der Waals surface area contributed by atoms with Crippen LogP contribution >= 0.6 is 11.6 Å². The predicted octanol–water partition coefficient (Wildman–Crippen LogP) is 3.04. The Bertz CT molecular complexity index is 1230. The molecule has 3 heterocycles. The molecular weight excluding hydrogens is 427 g/mol. The Labute approximate surface area is 190 Å². The van der Waals surface area contributed by atoms with Crippen molar-refractivity contribution in [2.45, 2.75) is 6.04 Å². The number of piperazine rings is 1. The molecule has 5 rings (SSSR count). The number of aromatic nitrogens is 2. The minimum absolute atomic E-state index is 0.165. The molecule has 0 bridgehead atoms. The smallest absolute Gasteiger partial charge is 0.255 e. The third kappa shape index (κ3) is 3.87. The minimum Gasteiger partial charge on any atom is -0.502 e. The molecule has 0 aliphatic carbocycles. The Hall–Kier alpha value is -3.22. The fourth-order valence-electron chi connectivity index (χ4n) is 4.61. The molecule has 3 N–H and O–H groups in total. The number of phenolic OH excluding ortho intramolecular Hbond substituents is 1. The fourth-order valence-corrected chi connectivity index (χ4v) is 4.88. The highest BCUT2D eigenvalue weighted by Crippen LogP contribution is 2.36. The van der Waals surface area contributed by atoms with Crippen molar-refractivity contribution in [2.75, 3.05) is 31.1 Å². The molecular formula is C25H24ClFN4O+2. The molecule has 4 aromatic rings. The molecule has 1 aliphatic rings. The first-order valence-electron chi connectivity index (χ1n) is 10.7. The second-order valence-electron chi connectivity index (χ2n) is 8.06. The van der Waals surface area contributed by atoms with Crippen LogP contribution in [0.15, 0.2) is 73.1 Å². The number of nitrogens with zero attached hydrogens (tertiary/aromatic N) is 2. The van der Waals surface area contributed by atoms with Gasteiger partial charge in [-0.05, 0) is 48.5 Å². The average Bonchev–Trinajstić information content (AvgIpc) is 2.84. The maximum absolute atomic E-state index is 13.3. The van der Waals surface area contributed by atoms with Crippen LogP contribution in [-0.4, -0.2) is 36.3 Å². The number of hydrogen-bond acceptors (Lipinski definition) is 3. The van der Waals surface area contributed by atoms with Gasteiger partial charge in [0.1, 0.15) is 11.5 Å². The van der Waals surface area contributed by atoms with Gasteiger partial charge in [0.15, 0.2) is 18.0 Å². The Morgan fingerprint density at radius 3 is 2.56 bits per heavy atom. The molecule has 1 unspecified atom stereocenters. The van der Waals surface area contributed by atoms with Gasteiger partial charge in [0, 0.05) is 18.0 Å². The number of H-pyrrole nitrogens is 1. The zero-order valence-corrected chi connectivity index (χ0v) is 18.2. The summed E-state index contributed by atoms with van der Waals surface area (Å²) in [6.45, 7) is 3.31. The molecule has 1 saturated heterocycles. The van der Waals surface area contributed by atoms with E-state index in [0.717, 1.165) is 48.5 Å². The van der Waals surface area contributed by atoms with Crippen LogP contribution in [0.1, 0.15) is 17.3 Å². The van der Waals surface area contributed by atoms with E-state index in [1.54, 1.807) is 12.4 Å². The molecule has 5 nitrogen and oxygen atoms in total. The summed E-state index contributed by atoms with van der Waals surface area (Å²) < 4.78 is 13.3. The van der Waals surface area contributed by atoms with Crippen LogP contribution in [0.2, 0.25) is 5.02 Å². The number of nitrogens with one attached hydrogen (secondary N) is 2. The number of anilines is 1. The van der Waals surface area contributed by atoms with E-state index in [2.05, 4.69) is 14.9 Å². The van der Waals surface area contributed by atoms with Crippen LogP contribution in [0, 0.1) is 5.82 Å². The molecule has 1 atom stereocenters. The van der Waals surface area contributed by atoms with Gasteiger partial charge in [-0.2, -0.15) is 0 Å². The van der Waals surface area contributed by atoms with E-state index >= 15 is 0 Å². The minimum atomic E-state index is -0.228. The topological polar surface area (TPSA) is 54.9 Å². The van der Waals surface area contributed by atoms with Crippen LogP contribution in [0.4, 0.5) is 10.1 Å². The largest absolute Gasteiger partial charge is 0.502 e. The number of rotatable bonds is 4. The van der Waals surface area contributed by atoms with E-state index in [-0.39, 0.29) is 17.6 Å². The first kappa shape index (κ1) is 20.7. The SMILES string of the molecule is Oc1c(C(c2ccccn2)[NH+]2CCN(c3ccc(F)cc3)CC2)cc(Cl)c2ccc[nH+]c12. The third-order valence-corrected chi connectivity index (χ3v) is 6.52. The van der Waals surface area contributed by atoms with Gasteiger partial charge in [-0.15, -0.1) is 0 Å². The molecule has 1 aliphatic heterocycles. The summed E-state index contributed by atoms with van der Waals surface area (Å²) in [6.07, 6.45) is 3.56. The first-order valence-corrected chi connectivity index (χ1v) is 11.1. The number of phenols is 1. The second kappa shape index (κ2) is 8.73. The molecule has 0 radical (unpaired) electrons. The van der Waals surface area contributed by atoms with E-state index < -0.39 is 0 Å². The number of benzene rings is 2. The van der Waals surface area contributed by atoms with Gasteiger partial charge in [0.2, 0.25) is 0 Å². The Morgan fingerprint density at radius 1 is 1.06 bits per heavy atom. The number of pyridine rings is 2. The summed E-state index contributed by atoms with van der Waals surface area (Å²) in [6, 6.07) is 17.9. The van der Waals surface area contributed by atoms with Gasteiger partial charge >= 0.3 is 0 Å². The Kier molecular flexibility index (Phi) is 5.64. The zero-order chi connectivity index (χ0) is 22.1. The lowest BCUT2D eigenvalue weighted by Crippen LogP contribution is -3.15. The number of halogens is 2. The number of aromatic amines is 1. The van der Waals surface area contributed by atoms with Gasteiger partial charge in [-0.3, -0.25) is 4.98 Å². The van der Waals surface area contributed by atoms with E-state index in [4.69, 9.17) is 11.6 Å². The quantitative estimate of drug-likeness (QED) is 0.502. The van der Waals surface area contributed by atoms with Gasteiger partial charge < -0.3 is 14.9 Å². The van der Waals surface area contributed by atoms with Gasteiger partial charge in [-0.1, -0.05) is 17.7 Å². The maximum atomic E-state index is 13.3. The number of hydrogen-bond donors (Lipinski definition) is 2. The molecule has 2 aromatic carbocycles. The summed E-state index contributed by atoms with van der Waals surface area (Å²) in [4.78, 5) is 11.3. The van der Waals surface area contributed by atoms with E-state index in [9.17, 15) is 9.50 Å². The molecule has 1 fully saturated rings. The number of aromatic hydroxyl groups is 1. The van der Waals surface area contributed by atoms with Crippen molar-refractivity contribution in [3.8, 4) is 5.75 Å². The van der Waals surface area contributed by atoms with Crippen molar-refractivity contribution in [3.63, 3.8) is 0 Å². The highest BCUT2D eigenvalue weighted by atomic mass is 35.5. The monoisotopic (exact) mass is 450 g/mol. The van der Waals surface area contributed by atoms with Crippen molar-refractivity contribution in [2.24, 2.45) is 0 Å². The molecule has 7 heteroatoms. The number of fused-ring (bicyclic) bond motifs is 1. The Balaban J connectivity index is 1.50. The highest BCUT2D eigenvalue weighted by Gasteiger charge is 2.34. The van der Waals surface area contributed by atoms with Crippen molar-refractivity contribution in [3.05, 3.63) is 95.2 Å². The van der Waals surface area contributed by atoms with Crippen LogP contribution < -0.4 is 14.8 Å². The van der Waals surface area contributed by atoms with Crippen molar-refractivity contribution in [1.29, 1.82) is 0 Å². The fraction of sp³-hybridized carbons (Fsp3) is 0.200. The summed E-state index contributed by atoms with van der Waals surface area (Å²) in [5.41, 5.74) is 3.29. The summed E-state index contributed by atoms with van der Waals surface area (Å²) in [7, 11) is 0.